The Kier molecular flexibility index (Phi) is 10.7. The van der Waals surface area contributed by atoms with Crippen molar-refractivity contribution in [3.05, 3.63) is 0 Å². The number of amides is 1. The molecule has 3 aliphatic carbocycles. The van der Waals surface area contributed by atoms with Crippen molar-refractivity contribution in [3.63, 3.8) is 0 Å². The topological polar surface area (TPSA) is 32.3 Å². The average Bonchev–Trinajstić information content (AvgIpc) is 3.22. The fourth-order valence-corrected chi connectivity index (χ4v) is 10.1. The summed E-state index contributed by atoms with van der Waals surface area (Å²) >= 11 is 6.09. The standard InChI is InChI=1S/C34H60N2OS/c1-6-7-8-9-10-11-12-13-14-15-32(38)36(25(2)3)24-26-16-18-28-27-17-19-30-34(5,23-21-31(37)35-30)29(27)20-22-33(26,28)4/h25-30H,6-24H2,1-5H3,(H,35,37)/t26-,27+,28+,29+,30-,33-,34-/m1/s1. The van der Waals surface area contributed by atoms with Crippen LogP contribution in [0.3, 0.4) is 0 Å². The van der Waals surface area contributed by atoms with Crippen molar-refractivity contribution >= 4 is 23.1 Å². The number of nitrogens with one attached hydrogen (secondary N) is 1. The Hall–Kier alpha value is -0.640. The number of hydrogen-bond acceptors (Lipinski definition) is 2. The van der Waals surface area contributed by atoms with Crippen LogP contribution in [0.1, 0.15) is 150 Å². The molecular weight excluding hydrogens is 484 g/mol. The maximum Gasteiger partial charge on any atom is 0.220 e. The van der Waals surface area contributed by atoms with E-state index in [0.717, 1.165) is 42.9 Å². The van der Waals surface area contributed by atoms with Crippen LogP contribution in [0, 0.1) is 34.5 Å². The van der Waals surface area contributed by atoms with Gasteiger partial charge in [-0.3, -0.25) is 4.79 Å². The van der Waals surface area contributed by atoms with Gasteiger partial charge in [-0.1, -0.05) is 84.4 Å². The molecule has 7 atom stereocenters. The predicted octanol–water partition coefficient (Wildman–Crippen LogP) is 9.08. The third-order valence-electron chi connectivity index (χ3n) is 12.1. The number of piperidine rings is 1. The number of rotatable bonds is 13. The molecule has 1 amide bonds. The molecule has 0 bridgehead atoms. The third-order valence-corrected chi connectivity index (χ3v) is 12.6. The molecule has 1 N–H and O–H groups in total. The second-order valence-corrected chi connectivity index (χ2v) is 15.1. The number of fused-ring (bicyclic) bond motifs is 5. The highest BCUT2D eigenvalue weighted by Gasteiger charge is 2.60. The lowest BCUT2D eigenvalue weighted by Gasteiger charge is -2.60. The van der Waals surface area contributed by atoms with Crippen LogP contribution in [-0.4, -0.2) is 34.4 Å². The van der Waals surface area contributed by atoms with Crippen molar-refractivity contribution in [2.75, 3.05) is 6.54 Å². The Labute approximate surface area is 241 Å². The molecule has 38 heavy (non-hydrogen) atoms. The number of unbranched alkanes of at least 4 members (excludes halogenated alkanes) is 8. The summed E-state index contributed by atoms with van der Waals surface area (Å²) in [5.41, 5.74) is 0.778. The smallest absolute Gasteiger partial charge is 0.220 e. The largest absolute Gasteiger partial charge is 0.363 e. The lowest BCUT2D eigenvalue weighted by atomic mass is 9.47. The van der Waals surface area contributed by atoms with Gasteiger partial charge in [0.1, 0.15) is 0 Å². The molecule has 0 radical (unpaired) electrons. The highest BCUT2D eigenvalue weighted by Crippen LogP contribution is 2.65. The second-order valence-electron chi connectivity index (χ2n) is 14.6. The molecule has 4 rings (SSSR count). The Balaban J connectivity index is 1.29. The minimum atomic E-state index is 0.291. The molecular formula is C34H60N2OS. The Morgan fingerprint density at radius 3 is 2.24 bits per heavy atom. The quantitative estimate of drug-likeness (QED) is 0.185. The highest BCUT2D eigenvalue weighted by molar-refractivity contribution is 7.80. The summed E-state index contributed by atoms with van der Waals surface area (Å²) < 4.78 is 0. The van der Waals surface area contributed by atoms with Gasteiger partial charge in [-0.05, 0) is 106 Å². The molecule has 218 valence electrons. The number of thiocarbonyl (C=S) groups is 1. The van der Waals surface area contributed by atoms with Gasteiger partial charge in [0, 0.05) is 25.0 Å². The molecule has 3 saturated carbocycles. The first-order chi connectivity index (χ1) is 18.2. The van der Waals surface area contributed by atoms with Crippen LogP contribution >= 0.6 is 12.2 Å². The SMILES string of the molecule is CCCCCCCCCCCC(=S)N(C[C@H]1CC[C@H]2[C@@H]3CC[C@H]4NC(=O)CC[C@]4(C)[C@H]3CC[C@]12C)C(C)C. The molecule has 1 heterocycles. The van der Waals surface area contributed by atoms with Gasteiger partial charge in [0.05, 0.1) is 4.99 Å². The molecule has 3 nitrogen and oxygen atoms in total. The van der Waals surface area contributed by atoms with Crippen LogP contribution in [0.15, 0.2) is 0 Å². The molecule has 0 unspecified atom stereocenters. The van der Waals surface area contributed by atoms with Gasteiger partial charge in [-0.15, -0.1) is 0 Å². The average molecular weight is 545 g/mol. The molecule has 4 heteroatoms. The summed E-state index contributed by atoms with van der Waals surface area (Å²) in [4.78, 5) is 16.0. The first-order valence-electron chi connectivity index (χ1n) is 16.8. The first-order valence-corrected chi connectivity index (χ1v) is 17.2. The summed E-state index contributed by atoms with van der Waals surface area (Å²) in [6, 6.07) is 0.918. The van der Waals surface area contributed by atoms with E-state index in [1.807, 2.05) is 0 Å². The van der Waals surface area contributed by atoms with E-state index in [9.17, 15) is 4.79 Å². The van der Waals surface area contributed by atoms with Gasteiger partial charge in [0.15, 0.2) is 0 Å². The van der Waals surface area contributed by atoms with Crippen LogP contribution in [0.25, 0.3) is 0 Å². The molecule has 4 fully saturated rings. The van der Waals surface area contributed by atoms with Crippen LogP contribution in [0.4, 0.5) is 0 Å². The van der Waals surface area contributed by atoms with Crippen molar-refractivity contribution in [3.8, 4) is 0 Å². The summed E-state index contributed by atoms with van der Waals surface area (Å²) in [6.45, 7) is 13.4. The number of nitrogens with zero attached hydrogens (tertiary/aromatic N) is 1. The van der Waals surface area contributed by atoms with Gasteiger partial charge in [-0.25, -0.2) is 0 Å². The van der Waals surface area contributed by atoms with Gasteiger partial charge in [0.2, 0.25) is 5.91 Å². The van der Waals surface area contributed by atoms with E-state index in [1.165, 1.54) is 108 Å². The maximum atomic E-state index is 12.1. The summed E-state index contributed by atoms with van der Waals surface area (Å²) in [5.74, 6) is 3.58. The van der Waals surface area contributed by atoms with Gasteiger partial charge in [0.25, 0.3) is 0 Å². The summed E-state index contributed by atoms with van der Waals surface area (Å²) in [5, 5.41) is 3.40. The molecule has 0 spiro atoms. The molecule has 0 aromatic carbocycles. The fraction of sp³-hybridized carbons (Fsp3) is 0.941. The zero-order valence-electron chi connectivity index (χ0n) is 25.7. The first kappa shape index (κ1) is 30.3. The van der Waals surface area contributed by atoms with E-state index in [-0.39, 0.29) is 0 Å². The van der Waals surface area contributed by atoms with Crippen LogP contribution in [0.2, 0.25) is 0 Å². The van der Waals surface area contributed by atoms with Gasteiger partial charge < -0.3 is 10.2 Å². The molecule has 1 aliphatic heterocycles. The van der Waals surface area contributed by atoms with E-state index in [4.69, 9.17) is 12.2 Å². The van der Waals surface area contributed by atoms with Crippen molar-refractivity contribution < 1.29 is 4.79 Å². The maximum absolute atomic E-state index is 12.1. The zero-order valence-corrected chi connectivity index (χ0v) is 26.5. The Morgan fingerprint density at radius 2 is 1.55 bits per heavy atom. The minimum Gasteiger partial charge on any atom is -0.363 e. The molecule has 0 aromatic heterocycles. The summed E-state index contributed by atoms with van der Waals surface area (Å²) in [6.07, 6.45) is 23.4. The lowest BCUT2D eigenvalue weighted by molar-refractivity contribution is -0.136. The minimum absolute atomic E-state index is 0.291. The van der Waals surface area contributed by atoms with E-state index in [0.29, 0.717) is 28.8 Å². The Bertz CT molecular complexity index is 797. The summed E-state index contributed by atoms with van der Waals surface area (Å²) in [7, 11) is 0. The predicted molar refractivity (Wildman–Crippen MR) is 165 cm³/mol. The van der Waals surface area contributed by atoms with Gasteiger partial charge >= 0.3 is 0 Å². The third kappa shape index (κ3) is 6.46. The van der Waals surface area contributed by atoms with E-state index < -0.39 is 0 Å². The van der Waals surface area contributed by atoms with Crippen LogP contribution < -0.4 is 5.32 Å². The normalized spacial score (nSPS) is 36.4. The molecule has 0 aromatic rings. The Morgan fingerprint density at radius 1 is 0.895 bits per heavy atom. The van der Waals surface area contributed by atoms with Crippen molar-refractivity contribution in [2.45, 2.75) is 162 Å². The van der Waals surface area contributed by atoms with E-state index in [1.54, 1.807) is 0 Å². The number of carbonyl (C=O) groups excluding carboxylic acids is 1. The monoisotopic (exact) mass is 544 g/mol. The molecule has 1 saturated heterocycles. The van der Waals surface area contributed by atoms with Gasteiger partial charge in [-0.2, -0.15) is 0 Å². The van der Waals surface area contributed by atoms with Crippen LogP contribution in [-0.2, 0) is 4.79 Å². The number of hydrogen-bond donors (Lipinski definition) is 1. The van der Waals surface area contributed by atoms with E-state index >= 15 is 0 Å². The van der Waals surface area contributed by atoms with Crippen molar-refractivity contribution in [1.29, 1.82) is 0 Å². The highest BCUT2D eigenvalue weighted by atomic mass is 32.1. The van der Waals surface area contributed by atoms with Crippen molar-refractivity contribution in [1.82, 2.24) is 10.2 Å². The van der Waals surface area contributed by atoms with Crippen LogP contribution in [0.5, 0.6) is 0 Å². The second kappa shape index (κ2) is 13.3. The lowest BCUT2D eigenvalue weighted by Crippen LogP contribution is -2.61. The fourth-order valence-electron chi connectivity index (χ4n) is 9.68. The van der Waals surface area contributed by atoms with Crippen molar-refractivity contribution in [2.24, 2.45) is 34.5 Å². The zero-order chi connectivity index (χ0) is 27.3. The van der Waals surface area contributed by atoms with E-state index in [2.05, 4.69) is 44.8 Å². The molecule has 4 aliphatic rings. The number of carbonyl (C=O) groups is 1.